The summed E-state index contributed by atoms with van der Waals surface area (Å²) in [5.41, 5.74) is 1.16. The number of halogens is 3. The van der Waals surface area contributed by atoms with E-state index in [9.17, 15) is 27.6 Å². The summed E-state index contributed by atoms with van der Waals surface area (Å²) in [4.78, 5) is 40.8. The van der Waals surface area contributed by atoms with Crippen molar-refractivity contribution < 1.29 is 27.6 Å². The maximum atomic E-state index is 13.4. The lowest BCUT2D eigenvalue weighted by Crippen LogP contribution is -2.24. The number of nitrogens with zero attached hydrogens (tertiary/aromatic N) is 1. The number of rotatable bonds is 7. The Labute approximate surface area is 222 Å². The SMILES string of the molecule is CC(=O)Nc1cccc(C(=O)NCc2ccc(NC(=O)c3cc(C(F)(F)F)ccc3-c3ccccc3)cc2)n1. The van der Waals surface area contributed by atoms with Gasteiger partial charge < -0.3 is 16.0 Å². The van der Waals surface area contributed by atoms with Crippen LogP contribution in [-0.4, -0.2) is 22.7 Å². The zero-order valence-corrected chi connectivity index (χ0v) is 20.7. The van der Waals surface area contributed by atoms with E-state index in [-0.39, 0.29) is 29.5 Å². The van der Waals surface area contributed by atoms with E-state index >= 15 is 0 Å². The number of hydrogen-bond acceptors (Lipinski definition) is 4. The number of alkyl halides is 3. The van der Waals surface area contributed by atoms with Gasteiger partial charge >= 0.3 is 6.18 Å². The molecule has 0 aliphatic heterocycles. The summed E-state index contributed by atoms with van der Waals surface area (Å²) in [6, 6.07) is 23.0. The molecule has 0 saturated heterocycles. The molecule has 0 aliphatic rings. The molecule has 0 spiro atoms. The van der Waals surface area contributed by atoms with Gasteiger partial charge in [0.05, 0.1) is 5.56 Å². The number of carbonyl (C=O) groups is 3. The van der Waals surface area contributed by atoms with Gasteiger partial charge in [-0.15, -0.1) is 0 Å². The Morgan fingerprint density at radius 1 is 0.795 bits per heavy atom. The molecule has 0 radical (unpaired) electrons. The monoisotopic (exact) mass is 532 g/mol. The van der Waals surface area contributed by atoms with E-state index in [0.29, 0.717) is 22.4 Å². The summed E-state index contributed by atoms with van der Waals surface area (Å²) < 4.78 is 40.1. The van der Waals surface area contributed by atoms with Crippen LogP contribution in [0.15, 0.2) is 91.0 Å². The highest BCUT2D eigenvalue weighted by molar-refractivity contribution is 6.09. The van der Waals surface area contributed by atoms with Crippen LogP contribution in [0.3, 0.4) is 0 Å². The number of aromatic nitrogens is 1. The second-order valence-electron chi connectivity index (χ2n) is 8.55. The highest BCUT2D eigenvalue weighted by atomic mass is 19.4. The van der Waals surface area contributed by atoms with Crippen LogP contribution in [0.1, 0.15) is 38.9 Å². The lowest BCUT2D eigenvalue weighted by Gasteiger charge is -2.14. The second-order valence-corrected chi connectivity index (χ2v) is 8.55. The first-order valence-electron chi connectivity index (χ1n) is 11.8. The maximum absolute atomic E-state index is 13.4. The number of nitrogens with one attached hydrogen (secondary N) is 3. The van der Waals surface area contributed by atoms with Gasteiger partial charge in [0.2, 0.25) is 5.91 Å². The Balaban J connectivity index is 1.45. The summed E-state index contributed by atoms with van der Waals surface area (Å²) in [5.74, 6) is -1.19. The van der Waals surface area contributed by atoms with Gasteiger partial charge in [-0.3, -0.25) is 14.4 Å². The lowest BCUT2D eigenvalue weighted by molar-refractivity contribution is -0.137. The van der Waals surface area contributed by atoms with Crippen LogP contribution in [0.5, 0.6) is 0 Å². The van der Waals surface area contributed by atoms with E-state index in [0.717, 1.165) is 12.1 Å². The average Bonchev–Trinajstić information content (AvgIpc) is 2.92. The minimum Gasteiger partial charge on any atom is -0.347 e. The topological polar surface area (TPSA) is 100 Å². The van der Waals surface area contributed by atoms with Crippen molar-refractivity contribution >= 4 is 29.2 Å². The van der Waals surface area contributed by atoms with Crippen LogP contribution in [0, 0.1) is 0 Å². The molecule has 0 atom stereocenters. The van der Waals surface area contributed by atoms with Gasteiger partial charge in [-0.2, -0.15) is 13.2 Å². The van der Waals surface area contributed by atoms with Crippen molar-refractivity contribution in [3.05, 3.63) is 113 Å². The normalized spacial score (nSPS) is 11.0. The van der Waals surface area contributed by atoms with Crippen LogP contribution >= 0.6 is 0 Å². The van der Waals surface area contributed by atoms with Crippen LogP contribution < -0.4 is 16.0 Å². The third-order valence-electron chi connectivity index (χ3n) is 5.63. The molecule has 0 fully saturated rings. The van der Waals surface area contributed by atoms with Crippen molar-refractivity contribution in [1.82, 2.24) is 10.3 Å². The fourth-order valence-corrected chi connectivity index (χ4v) is 3.77. The van der Waals surface area contributed by atoms with Gasteiger partial charge in [0.15, 0.2) is 0 Å². The molecular formula is C29H23F3N4O3. The highest BCUT2D eigenvalue weighted by Crippen LogP contribution is 2.33. The van der Waals surface area contributed by atoms with Crippen molar-refractivity contribution in [3.63, 3.8) is 0 Å². The van der Waals surface area contributed by atoms with E-state index in [1.807, 2.05) is 0 Å². The number of pyridine rings is 1. The molecule has 1 heterocycles. The zero-order valence-electron chi connectivity index (χ0n) is 20.7. The largest absolute Gasteiger partial charge is 0.416 e. The van der Waals surface area contributed by atoms with E-state index in [1.165, 1.54) is 19.1 Å². The number of hydrogen-bond donors (Lipinski definition) is 3. The fraction of sp³-hybridized carbons (Fsp3) is 0.103. The van der Waals surface area contributed by atoms with Gasteiger partial charge in [0.25, 0.3) is 11.8 Å². The molecule has 3 N–H and O–H groups in total. The molecule has 0 saturated carbocycles. The first-order valence-corrected chi connectivity index (χ1v) is 11.8. The van der Waals surface area contributed by atoms with E-state index in [1.54, 1.807) is 66.7 Å². The van der Waals surface area contributed by atoms with Crippen LogP contribution in [0.25, 0.3) is 11.1 Å². The fourth-order valence-electron chi connectivity index (χ4n) is 3.77. The highest BCUT2D eigenvalue weighted by Gasteiger charge is 2.32. The van der Waals surface area contributed by atoms with E-state index in [4.69, 9.17) is 0 Å². The lowest BCUT2D eigenvalue weighted by atomic mass is 9.96. The Bertz CT molecular complexity index is 1500. The molecule has 3 amide bonds. The standard InChI is InChI=1S/C29H23F3N4O3/c1-18(37)34-26-9-5-8-25(36-26)28(39)33-17-19-10-13-22(14-11-19)35-27(38)24-16-21(29(30,31)32)12-15-23(24)20-6-3-2-4-7-20/h2-16H,17H2,1H3,(H,33,39)(H,35,38)(H,34,36,37). The van der Waals surface area contributed by atoms with Crippen molar-refractivity contribution in [1.29, 1.82) is 0 Å². The van der Waals surface area contributed by atoms with Crippen molar-refractivity contribution in [2.45, 2.75) is 19.6 Å². The van der Waals surface area contributed by atoms with Gasteiger partial charge in [0.1, 0.15) is 11.5 Å². The minimum atomic E-state index is -4.60. The molecule has 39 heavy (non-hydrogen) atoms. The first kappa shape index (κ1) is 27.1. The predicted molar refractivity (Wildman–Crippen MR) is 141 cm³/mol. The van der Waals surface area contributed by atoms with E-state index < -0.39 is 23.6 Å². The van der Waals surface area contributed by atoms with Crippen molar-refractivity contribution in [2.24, 2.45) is 0 Å². The maximum Gasteiger partial charge on any atom is 0.416 e. The molecule has 0 unspecified atom stereocenters. The molecule has 7 nitrogen and oxygen atoms in total. The van der Waals surface area contributed by atoms with Crippen LogP contribution in [0.2, 0.25) is 0 Å². The number of carbonyl (C=O) groups excluding carboxylic acids is 3. The minimum absolute atomic E-state index is 0.110. The molecule has 198 valence electrons. The Morgan fingerprint density at radius 3 is 2.18 bits per heavy atom. The summed E-state index contributed by atoms with van der Waals surface area (Å²) >= 11 is 0. The number of anilines is 2. The summed E-state index contributed by atoms with van der Waals surface area (Å²) in [5, 5.41) is 7.88. The zero-order chi connectivity index (χ0) is 28.0. The summed E-state index contributed by atoms with van der Waals surface area (Å²) in [7, 11) is 0. The van der Waals surface area contributed by atoms with Gasteiger partial charge in [-0.05, 0) is 53.1 Å². The second kappa shape index (κ2) is 11.6. The molecular weight excluding hydrogens is 509 g/mol. The molecule has 10 heteroatoms. The average molecular weight is 533 g/mol. The summed E-state index contributed by atoms with van der Waals surface area (Å²) in [6.07, 6.45) is -4.60. The first-order chi connectivity index (χ1) is 18.6. The quantitative estimate of drug-likeness (QED) is 0.276. The molecule has 0 aliphatic carbocycles. The van der Waals surface area contributed by atoms with Crippen LogP contribution in [0.4, 0.5) is 24.7 Å². The van der Waals surface area contributed by atoms with Crippen LogP contribution in [-0.2, 0) is 17.5 Å². The molecule has 4 rings (SSSR count). The number of benzene rings is 3. The van der Waals surface area contributed by atoms with Gasteiger partial charge in [-0.1, -0.05) is 54.6 Å². The van der Waals surface area contributed by atoms with E-state index in [2.05, 4.69) is 20.9 Å². The molecule has 3 aromatic carbocycles. The van der Waals surface area contributed by atoms with Crippen molar-refractivity contribution in [3.8, 4) is 11.1 Å². The Morgan fingerprint density at radius 2 is 1.51 bits per heavy atom. The van der Waals surface area contributed by atoms with Gasteiger partial charge in [0, 0.05) is 24.7 Å². The summed E-state index contributed by atoms with van der Waals surface area (Å²) in [6.45, 7) is 1.49. The Hall–Kier alpha value is -4.99. The predicted octanol–water partition coefficient (Wildman–Crippen LogP) is 5.91. The third kappa shape index (κ3) is 7.07. The molecule has 4 aromatic rings. The number of amides is 3. The van der Waals surface area contributed by atoms with Gasteiger partial charge in [-0.25, -0.2) is 4.98 Å². The Kier molecular flexibility index (Phi) is 8.04. The molecule has 0 bridgehead atoms. The third-order valence-corrected chi connectivity index (χ3v) is 5.63. The van der Waals surface area contributed by atoms with Crippen molar-refractivity contribution in [2.75, 3.05) is 10.6 Å². The molecule has 1 aromatic heterocycles. The smallest absolute Gasteiger partial charge is 0.347 e.